The second-order valence-corrected chi connectivity index (χ2v) is 7.50. The van der Waals surface area contributed by atoms with Crippen LogP contribution in [0.4, 0.5) is 21.5 Å². The Bertz CT molecular complexity index is 888. The number of aromatic nitrogens is 1. The number of ether oxygens (including phenoxy) is 1. The summed E-state index contributed by atoms with van der Waals surface area (Å²) < 4.78 is 19.2. The Hall–Kier alpha value is -2.74. The third kappa shape index (κ3) is 5.50. The van der Waals surface area contributed by atoms with Crippen molar-refractivity contribution < 1.29 is 13.9 Å². The van der Waals surface area contributed by atoms with E-state index in [-0.39, 0.29) is 24.1 Å². The first kappa shape index (κ1) is 24.5. The van der Waals surface area contributed by atoms with Gasteiger partial charge < -0.3 is 24.8 Å². The fourth-order valence-corrected chi connectivity index (χ4v) is 3.63. The molecule has 0 atom stereocenters. The molecule has 9 heteroatoms. The Kier molecular flexibility index (Phi) is 8.74. The van der Waals surface area contributed by atoms with E-state index >= 15 is 0 Å². The summed E-state index contributed by atoms with van der Waals surface area (Å²) in [6.45, 7) is 5.72. The molecule has 7 nitrogen and oxygen atoms in total. The molecule has 2 aromatic rings. The number of halogens is 2. The van der Waals surface area contributed by atoms with E-state index in [1.807, 2.05) is 6.20 Å². The zero-order chi connectivity index (χ0) is 21.7. The summed E-state index contributed by atoms with van der Waals surface area (Å²) >= 11 is 0. The van der Waals surface area contributed by atoms with Crippen molar-refractivity contribution in [2.45, 2.75) is 13.3 Å². The van der Waals surface area contributed by atoms with Gasteiger partial charge in [0.05, 0.1) is 35.9 Å². The molecule has 0 spiro atoms. The van der Waals surface area contributed by atoms with E-state index in [9.17, 15) is 9.18 Å². The average Bonchev–Trinajstić information content (AvgIpc) is 2.77. The molecule has 1 aromatic carbocycles. The normalized spacial score (nSPS) is 13.5. The lowest BCUT2D eigenvalue weighted by molar-refractivity contribution is 0.0828. The Labute approximate surface area is 189 Å². The second kappa shape index (κ2) is 11.0. The van der Waals surface area contributed by atoms with Crippen LogP contribution in [-0.2, 0) is 0 Å². The minimum absolute atomic E-state index is 0. The molecule has 1 aliphatic rings. The molecule has 0 saturated carbocycles. The molecule has 0 radical (unpaired) electrons. The summed E-state index contributed by atoms with van der Waals surface area (Å²) in [6, 6.07) is 4.58. The van der Waals surface area contributed by atoms with E-state index in [2.05, 4.69) is 27.0 Å². The highest BCUT2D eigenvalue weighted by atomic mass is 35.5. The Morgan fingerprint density at radius 2 is 1.81 bits per heavy atom. The number of rotatable bonds is 7. The van der Waals surface area contributed by atoms with E-state index in [4.69, 9.17) is 4.74 Å². The number of amides is 1. The zero-order valence-corrected chi connectivity index (χ0v) is 19.3. The van der Waals surface area contributed by atoms with Gasteiger partial charge in [0.25, 0.3) is 5.91 Å². The standard InChI is InChI=1S/C22H30FN5O2.ClH/c1-5-8-25-21-17(22(29)26(2)3)14-24-15-19(21)28-11-9-27(10-12-28)18-13-16(23)6-7-20(18)30-4;/h6-7,13-15H,5,8-12H2,1-4H3,(H,24,25);1H. The molecular weight excluding hydrogens is 421 g/mol. The first-order valence-electron chi connectivity index (χ1n) is 10.2. The summed E-state index contributed by atoms with van der Waals surface area (Å²) in [7, 11) is 5.07. The number of carbonyl (C=O) groups is 1. The van der Waals surface area contributed by atoms with Crippen LogP contribution in [0.15, 0.2) is 30.6 Å². The van der Waals surface area contributed by atoms with Crippen LogP contribution in [0.5, 0.6) is 5.75 Å². The Balaban J connectivity index is 0.00000341. The first-order valence-corrected chi connectivity index (χ1v) is 10.2. The molecule has 31 heavy (non-hydrogen) atoms. The minimum atomic E-state index is -0.279. The van der Waals surface area contributed by atoms with E-state index in [1.54, 1.807) is 38.4 Å². The van der Waals surface area contributed by atoms with Gasteiger partial charge in [-0.2, -0.15) is 0 Å². The summed E-state index contributed by atoms with van der Waals surface area (Å²) in [6.07, 6.45) is 4.38. The fraction of sp³-hybridized carbons (Fsp3) is 0.455. The molecule has 2 heterocycles. The highest BCUT2D eigenvalue weighted by molar-refractivity contribution is 6.02. The van der Waals surface area contributed by atoms with Crippen LogP contribution in [0.1, 0.15) is 23.7 Å². The van der Waals surface area contributed by atoms with Crippen LogP contribution < -0.4 is 19.9 Å². The SMILES string of the molecule is CCCNc1c(C(=O)N(C)C)cncc1N1CCN(c2cc(F)ccc2OC)CC1.Cl. The van der Waals surface area contributed by atoms with E-state index in [1.165, 1.54) is 12.1 Å². The van der Waals surface area contributed by atoms with Crippen LogP contribution in [0.3, 0.4) is 0 Å². The van der Waals surface area contributed by atoms with Crippen LogP contribution in [0, 0.1) is 5.82 Å². The molecule has 170 valence electrons. The molecule has 1 aromatic heterocycles. The molecule has 1 fully saturated rings. The van der Waals surface area contributed by atoms with Gasteiger partial charge in [-0.15, -0.1) is 12.4 Å². The summed E-state index contributed by atoms with van der Waals surface area (Å²) in [5.41, 5.74) is 3.07. The molecule has 3 rings (SSSR count). The van der Waals surface area contributed by atoms with Crippen molar-refractivity contribution in [3.63, 3.8) is 0 Å². The average molecular weight is 452 g/mol. The molecule has 1 N–H and O–H groups in total. The van der Waals surface area contributed by atoms with Gasteiger partial charge in [0, 0.05) is 59.1 Å². The minimum Gasteiger partial charge on any atom is -0.495 e. The highest BCUT2D eigenvalue weighted by Gasteiger charge is 2.25. The number of anilines is 3. The lowest BCUT2D eigenvalue weighted by atomic mass is 10.1. The van der Waals surface area contributed by atoms with Crippen molar-refractivity contribution in [3.8, 4) is 5.75 Å². The van der Waals surface area contributed by atoms with Gasteiger partial charge in [-0.1, -0.05) is 6.92 Å². The van der Waals surface area contributed by atoms with Crippen molar-refractivity contribution >= 4 is 35.4 Å². The maximum atomic E-state index is 13.8. The van der Waals surface area contributed by atoms with Crippen molar-refractivity contribution in [3.05, 3.63) is 42.0 Å². The highest BCUT2D eigenvalue weighted by Crippen LogP contribution is 2.33. The van der Waals surface area contributed by atoms with Gasteiger partial charge in [-0.25, -0.2) is 4.39 Å². The van der Waals surface area contributed by atoms with Crippen molar-refractivity contribution in [2.75, 3.05) is 69.0 Å². The van der Waals surface area contributed by atoms with E-state index < -0.39 is 0 Å². The number of hydrogen-bond acceptors (Lipinski definition) is 6. The van der Waals surface area contributed by atoms with Crippen molar-refractivity contribution in [2.24, 2.45) is 0 Å². The van der Waals surface area contributed by atoms with Crippen LogP contribution in [-0.4, -0.2) is 69.7 Å². The maximum absolute atomic E-state index is 13.8. The number of benzene rings is 1. The Morgan fingerprint density at radius 1 is 1.16 bits per heavy atom. The van der Waals surface area contributed by atoms with Gasteiger partial charge in [0.2, 0.25) is 0 Å². The monoisotopic (exact) mass is 451 g/mol. The maximum Gasteiger partial charge on any atom is 0.257 e. The molecule has 0 aliphatic carbocycles. The van der Waals surface area contributed by atoms with Gasteiger partial charge in [0.15, 0.2) is 0 Å². The van der Waals surface area contributed by atoms with Crippen molar-refractivity contribution in [1.29, 1.82) is 0 Å². The third-order valence-electron chi connectivity index (χ3n) is 5.22. The second-order valence-electron chi connectivity index (χ2n) is 7.50. The van der Waals surface area contributed by atoms with Crippen LogP contribution in [0.25, 0.3) is 0 Å². The lowest BCUT2D eigenvalue weighted by Gasteiger charge is -2.38. The number of nitrogens with one attached hydrogen (secondary N) is 1. The smallest absolute Gasteiger partial charge is 0.257 e. The quantitative estimate of drug-likeness (QED) is 0.695. The van der Waals surface area contributed by atoms with Gasteiger partial charge in [-0.3, -0.25) is 9.78 Å². The predicted octanol–water partition coefficient (Wildman–Crippen LogP) is 3.50. The lowest BCUT2D eigenvalue weighted by Crippen LogP contribution is -2.47. The number of hydrogen-bond donors (Lipinski definition) is 1. The summed E-state index contributed by atoms with van der Waals surface area (Å²) in [5, 5.41) is 3.42. The number of methoxy groups -OCH3 is 1. The zero-order valence-electron chi connectivity index (χ0n) is 18.5. The number of nitrogens with zero attached hydrogens (tertiary/aromatic N) is 4. The molecular formula is C22H31ClFN5O2. The number of carbonyl (C=O) groups excluding carboxylic acids is 1. The van der Waals surface area contributed by atoms with Crippen LogP contribution >= 0.6 is 12.4 Å². The van der Waals surface area contributed by atoms with E-state index in [0.29, 0.717) is 24.4 Å². The first-order chi connectivity index (χ1) is 14.5. The molecule has 1 aliphatic heterocycles. The molecule has 1 saturated heterocycles. The van der Waals surface area contributed by atoms with Gasteiger partial charge in [0.1, 0.15) is 11.6 Å². The topological polar surface area (TPSA) is 60.9 Å². The van der Waals surface area contributed by atoms with Gasteiger partial charge >= 0.3 is 0 Å². The fourth-order valence-electron chi connectivity index (χ4n) is 3.63. The molecule has 1 amide bonds. The Morgan fingerprint density at radius 3 is 2.39 bits per heavy atom. The summed E-state index contributed by atoms with van der Waals surface area (Å²) in [5.74, 6) is 0.305. The summed E-state index contributed by atoms with van der Waals surface area (Å²) in [4.78, 5) is 22.9. The predicted molar refractivity (Wildman–Crippen MR) is 126 cm³/mol. The largest absolute Gasteiger partial charge is 0.495 e. The number of piperazine rings is 1. The number of pyridine rings is 1. The molecule has 0 bridgehead atoms. The van der Waals surface area contributed by atoms with Crippen LogP contribution in [0.2, 0.25) is 0 Å². The third-order valence-corrected chi connectivity index (χ3v) is 5.22. The van der Waals surface area contributed by atoms with E-state index in [0.717, 1.165) is 43.1 Å². The molecule has 0 unspecified atom stereocenters. The van der Waals surface area contributed by atoms with Crippen molar-refractivity contribution in [1.82, 2.24) is 9.88 Å². The van der Waals surface area contributed by atoms with Gasteiger partial charge in [-0.05, 0) is 18.6 Å².